The number of hydrogen-bond donors (Lipinski definition) is 2. The van der Waals surface area contributed by atoms with Crippen molar-refractivity contribution in [3.8, 4) is 11.3 Å². The van der Waals surface area contributed by atoms with Crippen molar-refractivity contribution in [2.75, 3.05) is 5.32 Å². The number of fused-ring (bicyclic) bond motifs is 3. The third kappa shape index (κ3) is 3.17. The maximum absolute atomic E-state index is 14.9. The Morgan fingerprint density at radius 3 is 2.66 bits per heavy atom. The Morgan fingerprint density at radius 1 is 1.11 bits per heavy atom. The number of rotatable bonds is 4. The van der Waals surface area contributed by atoms with Crippen LogP contribution in [0.4, 0.5) is 14.9 Å². The number of nitrogens with zero attached hydrogens (tertiary/aromatic N) is 3. The maximum Gasteiger partial charge on any atom is 0.322 e. The molecule has 2 amide bonds. The first-order chi connectivity index (χ1) is 17.0. The number of aromatic nitrogens is 2. The van der Waals surface area contributed by atoms with Crippen LogP contribution in [0.15, 0.2) is 61.1 Å². The molecule has 6 nitrogen and oxygen atoms in total. The zero-order valence-corrected chi connectivity index (χ0v) is 19.5. The minimum Gasteiger partial charge on any atom is -0.392 e. The van der Waals surface area contributed by atoms with Crippen LogP contribution in [-0.4, -0.2) is 43.8 Å². The van der Waals surface area contributed by atoms with Crippen LogP contribution in [0.2, 0.25) is 0 Å². The van der Waals surface area contributed by atoms with Crippen molar-refractivity contribution in [3.05, 3.63) is 72.4 Å². The number of carbonyl (C=O) groups excluding carboxylic acids is 1. The fraction of sp³-hybridized carbons (Fsp3) is 0.429. The fourth-order valence-corrected chi connectivity index (χ4v) is 7.83. The van der Waals surface area contributed by atoms with Crippen molar-refractivity contribution >= 4 is 11.7 Å². The highest BCUT2D eigenvalue weighted by atomic mass is 19.1. The summed E-state index contributed by atoms with van der Waals surface area (Å²) in [4.78, 5) is 19.6. The number of benzene rings is 2. The van der Waals surface area contributed by atoms with Gasteiger partial charge in [-0.05, 0) is 62.6 Å². The largest absolute Gasteiger partial charge is 0.392 e. The minimum atomic E-state index is -0.569. The van der Waals surface area contributed by atoms with Gasteiger partial charge in [-0.2, -0.15) is 0 Å². The van der Waals surface area contributed by atoms with Gasteiger partial charge >= 0.3 is 6.03 Å². The van der Waals surface area contributed by atoms with Gasteiger partial charge in [0.25, 0.3) is 0 Å². The maximum atomic E-state index is 14.9. The summed E-state index contributed by atoms with van der Waals surface area (Å²) in [5.74, 6) is 0.303. The molecule has 4 atom stereocenters. The second-order valence-electron chi connectivity index (χ2n) is 11.0. The van der Waals surface area contributed by atoms with Gasteiger partial charge in [-0.25, -0.2) is 14.2 Å². The average molecular weight is 473 g/mol. The molecule has 2 aromatic carbocycles. The van der Waals surface area contributed by atoms with Crippen molar-refractivity contribution in [3.63, 3.8) is 0 Å². The molecule has 5 aliphatic rings. The van der Waals surface area contributed by atoms with Gasteiger partial charge in [0.15, 0.2) is 0 Å². The molecule has 4 bridgehead atoms. The second kappa shape index (κ2) is 7.65. The Balaban J connectivity index is 1.14. The first-order valence-electron chi connectivity index (χ1n) is 12.7. The predicted octanol–water partition coefficient (Wildman–Crippen LogP) is 5.21. The molecule has 1 aromatic heterocycles. The van der Waals surface area contributed by atoms with Crippen LogP contribution in [0.25, 0.3) is 11.3 Å². The average Bonchev–Trinajstić information content (AvgIpc) is 3.42. The van der Waals surface area contributed by atoms with E-state index in [0.717, 1.165) is 49.0 Å². The molecule has 2 N–H and O–H groups in total. The molecule has 0 spiro atoms. The number of aliphatic hydroxyl groups excluding tert-OH is 1. The summed E-state index contributed by atoms with van der Waals surface area (Å²) in [7, 11) is 0. The molecule has 180 valence electrons. The number of anilines is 1. The van der Waals surface area contributed by atoms with E-state index in [0.29, 0.717) is 17.9 Å². The van der Waals surface area contributed by atoms with Crippen LogP contribution in [0.3, 0.4) is 0 Å². The molecule has 3 aromatic rings. The molecule has 2 saturated heterocycles. The van der Waals surface area contributed by atoms with Crippen molar-refractivity contribution in [2.24, 2.45) is 11.3 Å². The monoisotopic (exact) mass is 472 g/mol. The smallest absolute Gasteiger partial charge is 0.322 e. The number of piperidine rings is 2. The van der Waals surface area contributed by atoms with E-state index < -0.39 is 6.10 Å². The highest BCUT2D eigenvalue weighted by molar-refractivity contribution is 5.90. The van der Waals surface area contributed by atoms with E-state index in [1.807, 2.05) is 45.9 Å². The molecular weight excluding hydrogens is 443 g/mol. The number of hydrogen-bond acceptors (Lipinski definition) is 3. The molecule has 7 heteroatoms. The van der Waals surface area contributed by atoms with E-state index in [2.05, 4.69) is 10.3 Å². The second-order valence-corrected chi connectivity index (χ2v) is 11.0. The van der Waals surface area contributed by atoms with E-state index in [1.54, 1.807) is 18.6 Å². The standard InChI is InChI=1S/C28H29FN4O2/c29-22-8-4-7-21-24-15-30-16-32(24)23(26(21)22)11-25(34)28-12-17-9-19(13-28)33(20(10-17)14-28)27(35)31-18-5-2-1-3-6-18/h1-8,15-17,19-20,23,25,34H,9-14H2,(H,31,35). The SMILES string of the molecule is O=C(Nc1ccccc1)N1C2CC3CC1CC(C(O)CC1c4c(F)cccc4-c4cncn41)(C3)C2. The van der Waals surface area contributed by atoms with E-state index in [9.17, 15) is 14.3 Å². The van der Waals surface area contributed by atoms with Crippen LogP contribution >= 0.6 is 0 Å². The molecule has 35 heavy (non-hydrogen) atoms. The van der Waals surface area contributed by atoms with Crippen LogP contribution in [0, 0.1) is 17.2 Å². The summed E-state index contributed by atoms with van der Waals surface area (Å²) in [6, 6.07) is 14.7. The predicted molar refractivity (Wildman–Crippen MR) is 130 cm³/mol. The summed E-state index contributed by atoms with van der Waals surface area (Å²) in [6.45, 7) is 0. The number of carbonyl (C=O) groups is 1. The summed E-state index contributed by atoms with van der Waals surface area (Å²) >= 11 is 0. The number of imidazole rings is 1. The molecule has 4 fully saturated rings. The molecule has 4 heterocycles. The minimum absolute atomic E-state index is 0.0375. The molecule has 4 unspecified atom stereocenters. The lowest BCUT2D eigenvalue weighted by Gasteiger charge is -2.62. The Bertz CT molecular complexity index is 1280. The van der Waals surface area contributed by atoms with Gasteiger partial charge in [-0.1, -0.05) is 30.3 Å². The number of aliphatic hydroxyl groups is 1. The molecular formula is C28H29FN4O2. The number of nitrogens with one attached hydrogen (secondary N) is 1. The third-order valence-corrected chi connectivity index (χ3v) is 9.05. The Labute approximate surface area is 203 Å². The zero-order chi connectivity index (χ0) is 23.7. The van der Waals surface area contributed by atoms with Crippen LogP contribution < -0.4 is 5.32 Å². The van der Waals surface area contributed by atoms with Crippen molar-refractivity contribution in [1.82, 2.24) is 14.5 Å². The first kappa shape index (κ1) is 21.1. The Kier molecular flexibility index (Phi) is 4.62. The first-order valence-corrected chi connectivity index (χ1v) is 12.7. The number of para-hydroxylation sites is 1. The number of amides is 2. The molecule has 0 radical (unpaired) electrons. The quantitative estimate of drug-likeness (QED) is 0.548. The van der Waals surface area contributed by atoms with Crippen LogP contribution in [0.1, 0.15) is 50.1 Å². The lowest BCUT2D eigenvalue weighted by Crippen LogP contribution is -2.66. The summed E-state index contributed by atoms with van der Waals surface area (Å²) < 4.78 is 17.0. The van der Waals surface area contributed by atoms with E-state index in [4.69, 9.17) is 0 Å². The lowest BCUT2D eigenvalue weighted by molar-refractivity contribution is -0.139. The Hall–Kier alpha value is -3.19. The summed E-state index contributed by atoms with van der Waals surface area (Å²) in [5.41, 5.74) is 3.02. The molecule has 2 saturated carbocycles. The number of halogens is 1. The van der Waals surface area contributed by atoms with Crippen molar-refractivity contribution in [2.45, 2.75) is 62.8 Å². The third-order valence-electron chi connectivity index (χ3n) is 9.05. The molecule has 2 aliphatic carbocycles. The van der Waals surface area contributed by atoms with Crippen molar-refractivity contribution in [1.29, 1.82) is 0 Å². The Morgan fingerprint density at radius 2 is 1.89 bits per heavy atom. The summed E-state index contributed by atoms with van der Waals surface area (Å²) in [6.07, 6.45) is 8.01. The summed E-state index contributed by atoms with van der Waals surface area (Å²) in [5, 5.41) is 14.8. The van der Waals surface area contributed by atoms with Gasteiger partial charge in [-0.15, -0.1) is 0 Å². The fourth-order valence-electron chi connectivity index (χ4n) is 7.83. The van der Waals surface area contributed by atoms with Crippen molar-refractivity contribution < 1.29 is 14.3 Å². The van der Waals surface area contributed by atoms with Gasteiger partial charge in [0, 0.05) is 34.3 Å². The normalized spacial score (nSPS) is 30.7. The topological polar surface area (TPSA) is 70.4 Å². The van der Waals surface area contributed by atoms with Gasteiger partial charge in [0.05, 0.1) is 30.4 Å². The van der Waals surface area contributed by atoms with E-state index in [-0.39, 0.29) is 35.4 Å². The highest BCUT2D eigenvalue weighted by Crippen LogP contribution is 2.59. The van der Waals surface area contributed by atoms with Crippen LogP contribution in [-0.2, 0) is 0 Å². The highest BCUT2D eigenvalue weighted by Gasteiger charge is 2.58. The van der Waals surface area contributed by atoms with Gasteiger partial charge < -0.3 is 19.9 Å². The zero-order valence-electron chi connectivity index (χ0n) is 19.5. The van der Waals surface area contributed by atoms with Gasteiger partial charge in [0.1, 0.15) is 5.82 Å². The van der Waals surface area contributed by atoms with E-state index >= 15 is 0 Å². The molecule has 8 rings (SSSR count). The molecule has 3 aliphatic heterocycles. The lowest BCUT2D eigenvalue weighted by atomic mass is 9.53. The van der Waals surface area contributed by atoms with Crippen LogP contribution in [0.5, 0.6) is 0 Å². The van der Waals surface area contributed by atoms with E-state index in [1.165, 1.54) is 6.07 Å². The van der Waals surface area contributed by atoms with Gasteiger partial charge in [0.2, 0.25) is 0 Å². The number of urea groups is 1. The van der Waals surface area contributed by atoms with Gasteiger partial charge in [-0.3, -0.25) is 0 Å².